The Morgan fingerprint density at radius 3 is 2.09 bits per heavy atom. The Morgan fingerprint density at radius 2 is 1.51 bits per heavy atom. The number of hydrogen-bond acceptors (Lipinski definition) is 4. The van der Waals surface area contributed by atoms with Crippen molar-refractivity contribution in [3.8, 4) is 0 Å². The fraction of sp³-hybridized carbons (Fsp3) is 0.233. The molecule has 5 rings (SSSR count). The van der Waals surface area contributed by atoms with Crippen molar-refractivity contribution >= 4 is 5.78 Å². The predicted molar refractivity (Wildman–Crippen MR) is 138 cm³/mol. The minimum atomic E-state index is -0.239. The summed E-state index contributed by atoms with van der Waals surface area (Å²) in [7, 11) is 0. The second-order valence-corrected chi connectivity index (χ2v) is 9.20. The molecule has 3 aromatic carbocycles. The third-order valence-corrected chi connectivity index (χ3v) is 6.77. The van der Waals surface area contributed by atoms with Gasteiger partial charge in [-0.15, -0.1) is 0 Å². The fourth-order valence-electron chi connectivity index (χ4n) is 4.97. The van der Waals surface area contributed by atoms with Crippen LogP contribution in [0, 0.1) is 6.92 Å². The number of hydrogen-bond donors (Lipinski definition) is 0. The number of aromatic nitrogens is 2. The van der Waals surface area contributed by atoms with E-state index < -0.39 is 0 Å². The smallest absolute Gasteiger partial charge is 0.259 e. The molecule has 5 heteroatoms. The van der Waals surface area contributed by atoms with E-state index in [1.807, 2.05) is 72.2 Å². The molecule has 2 heterocycles. The molecule has 35 heavy (non-hydrogen) atoms. The van der Waals surface area contributed by atoms with E-state index in [2.05, 4.69) is 29.2 Å². The van der Waals surface area contributed by atoms with Crippen LogP contribution < -0.4 is 5.56 Å². The molecule has 4 aromatic rings. The van der Waals surface area contributed by atoms with Crippen LogP contribution >= 0.6 is 0 Å². The first-order valence-electron chi connectivity index (χ1n) is 12.0. The van der Waals surface area contributed by atoms with Crippen LogP contribution in [-0.4, -0.2) is 26.8 Å². The lowest BCUT2D eigenvalue weighted by Gasteiger charge is -2.30. The Kier molecular flexibility index (Phi) is 6.43. The summed E-state index contributed by atoms with van der Waals surface area (Å²) >= 11 is 0. The highest BCUT2D eigenvalue weighted by molar-refractivity contribution is 5.94. The predicted octanol–water partition coefficient (Wildman–Crippen LogP) is 4.95. The minimum absolute atomic E-state index is 0.0295. The zero-order valence-corrected chi connectivity index (χ0v) is 20.1. The molecule has 0 radical (unpaired) electrons. The van der Waals surface area contributed by atoms with Gasteiger partial charge in [0, 0.05) is 31.6 Å². The summed E-state index contributed by atoms with van der Waals surface area (Å²) in [5.74, 6) is 0.802. The SMILES string of the molecule is CC(=O)c1ccc(CN2CCc3nc(C)n(C(c4ccccc4)c4ccccc4)c(=O)c3C2)cc1. The summed E-state index contributed by atoms with van der Waals surface area (Å²) in [6, 6.07) is 27.8. The van der Waals surface area contributed by atoms with E-state index in [-0.39, 0.29) is 17.4 Å². The summed E-state index contributed by atoms with van der Waals surface area (Å²) in [6.45, 7) is 5.65. The van der Waals surface area contributed by atoms with Crippen molar-refractivity contribution in [2.75, 3.05) is 6.54 Å². The van der Waals surface area contributed by atoms with Gasteiger partial charge >= 0.3 is 0 Å². The molecule has 1 aliphatic rings. The lowest BCUT2D eigenvalue weighted by molar-refractivity contribution is 0.101. The highest BCUT2D eigenvalue weighted by atomic mass is 16.1. The zero-order valence-electron chi connectivity index (χ0n) is 20.1. The van der Waals surface area contributed by atoms with Gasteiger partial charge in [-0.05, 0) is 30.5 Å². The quantitative estimate of drug-likeness (QED) is 0.380. The largest absolute Gasteiger partial charge is 0.295 e. The van der Waals surface area contributed by atoms with E-state index in [1.54, 1.807) is 6.92 Å². The molecular formula is C30H29N3O2. The summed E-state index contributed by atoms with van der Waals surface area (Å²) in [4.78, 5) is 32.8. The Bertz CT molecular complexity index is 1350. The van der Waals surface area contributed by atoms with E-state index in [0.29, 0.717) is 12.1 Å². The molecule has 0 fully saturated rings. The maximum absolute atomic E-state index is 14.0. The second-order valence-electron chi connectivity index (χ2n) is 9.20. The van der Waals surface area contributed by atoms with Crippen LogP contribution in [0.5, 0.6) is 0 Å². The number of carbonyl (C=O) groups excluding carboxylic acids is 1. The van der Waals surface area contributed by atoms with Crippen LogP contribution in [0.15, 0.2) is 89.7 Å². The number of carbonyl (C=O) groups is 1. The highest BCUT2D eigenvalue weighted by Gasteiger charge is 2.27. The van der Waals surface area contributed by atoms with Gasteiger partial charge in [-0.25, -0.2) is 4.98 Å². The lowest BCUT2D eigenvalue weighted by Crippen LogP contribution is -2.40. The van der Waals surface area contributed by atoms with Gasteiger partial charge in [0.25, 0.3) is 5.56 Å². The number of fused-ring (bicyclic) bond motifs is 1. The average molecular weight is 464 g/mol. The van der Waals surface area contributed by atoms with Crippen molar-refractivity contribution in [1.29, 1.82) is 0 Å². The van der Waals surface area contributed by atoms with Gasteiger partial charge in [-0.1, -0.05) is 84.9 Å². The maximum atomic E-state index is 14.0. The Labute approximate surface area is 205 Å². The fourth-order valence-corrected chi connectivity index (χ4v) is 4.97. The molecule has 5 nitrogen and oxygen atoms in total. The van der Waals surface area contributed by atoms with Gasteiger partial charge in [-0.2, -0.15) is 0 Å². The van der Waals surface area contributed by atoms with E-state index in [0.717, 1.165) is 53.3 Å². The standard InChI is InChI=1S/C30H29N3O2/c1-21(34)24-15-13-23(14-16-24)19-32-18-17-28-27(20-32)30(35)33(22(2)31-28)29(25-9-5-3-6-10-25)26-11-7-4-8-12-26/h3-16,29H,17-20H2,1-2H3. The van der Waals surface area contributed by atoms with Crippen molar-refractivity contribution in [3.05, 3.63) is 135 Å². The lowest BCUT2D eigenvalue weighted by atomic mass is 9.97. The topological polar surface area (TPSA) is 55.2 Å². The van der Waals surface area contributed by atoms with Crippen molar-refractivity contribution in [1.82, 2.24) is 14.5 Å². The van der Waals surface area contributed by atoms with E-state index in [1.165, 1.54) is 0 Å². The molecule has 0 atom stereocenters. The first-order valence-corrected chi connectivity index (χ1v) is 12.0. The molecule has 0 spiro atoms. The zero-order chi connectivity index (χ0) is 24.4. The molecule has 0 aliphatic carbocycles. The third kappa shape index (κ3) is 4.73. The van der Waals surface area contributed by atoms with E-state index >= 15 is 0 Å². The molecule has 0 bridgehead atoms. The number of rotatable bonds is 6. The molecule has 1 aliphatic heterocycles. The normalized spacial score (nSPS) is 13.6. The van der Waals surface area contributed by atoms with Crippen molar-refractivity contribution in [2.45, 2.75) is 39.4 Å². The molecule has 0 saturated heterocycles. The van der Waals surface area contributed by atoms with Gasteiger partial charge in [0.05, 0.1) is 17.3 Å². The molecule has 1 aromatic heterocycles. The van der Waals surface area contributed by atoms with Gasteiger partial charge in [0.2, 0.25) is 0 Å². The first kappa shape index (κ1) is 22.9. The van der Waals surface area contributed by atoms with Crippen LogP contribution in [0.4, 0.5) is 0 Å². The van der Waals surface area contributed by atoms with Crippen LogP contribution in [-0.2, 0) is 19.5 Å². The van der Waals surface area contributed by atoms with E-state index in [4.69, 9.17) is 4.98 Å². The maximum Gasteiger partial charge on any atom is 0.259 e. The number of nitrogens with zero attached hydrogens (tertiary/aromatic N) is 3. The van der Waals surface area contributed by atoms with Crippen molar-refractivity contribution in [2.24, 2.45) is 0 Å². The number of ketones is 1. The molecule has 0 N–H and O–H groups in total. The van der Waals surface area contributed by atoms with Crippen molar-refractivity contribution in [3.63, 3.8) is 0 Å². The monoisotopic (exact) mass is 463 g/mol. The molecule has 176 valence electrons. The average Bonchev–Trinajstić information content (AvgIpc) is 2.88. The van der Waals surface area contributed by atoms with Gasteiger partial charge < -0.3 is 0 Å². The number of Topliss-reactive ketones (excluding diaryl/α,β-unsaturated/α-hetero) is 1. The Hall–Kier alpha value is -3.83. The van der Waals surface area contributed by atoms with Crippen LogP contribution in [0.25, 0.3) is 0 Å². The summed E-state index contributed by atoms with van der Waals surface area (Å²) in [5.41, 5.74) is 5.68. The molecule has 0 unspecified atom stereocenters. The van der Waals surface area contributed by atoms with Crippen LogP contribution in [0.1, 0.15) is 57.1 Å². The molecular weight excluding hydrogens is 434 g/mol. The van der Waals surface area contributed by atoms with Crippen LogP contribution in [0.3, 0.4) is 0 Å². The third-order valence-electron chi connectivity index (χ3n) is 6.77. The summed E-state index contributed by atoms with van der Waals surface area (Å²) in [6.07, 6.45) is 0.749. The van der Waals surface area contributed by atoms with Crippen LogP contribution in [0.2, 0.25) is 0 Å². The Balaban J connectivity index is 1.51. The second kappa shape index (κ2) is 9.80. The van der Waals surface area contributed by atoms with Gasteiger partial charge in [0.1, 0.15) is 5.82 Å². The first-order chi connectivity index (χ1) is 17.0. The van der Waals surface area contributed by atoms with Gasteiger partial charge in [0.15, 0.2) is 5.78 Å². The number of aryl methyl sites for hydroxylation is 1. The summed E-state index contributed by atoms with van der Waals surface area (Å²) < 4.78 is 1.86. The van der Waals surface area contributed by atoms with E-state index in [9.17, 15) is 9.59 Å². The highest BCUT2D eigenvalue weighted by Crippen LogP contribution is 2.27. The minimum Gasteiger partial charge on any atom is -0.295 e. The Morgan fingerprint density at radius 1 is 0.914 bits per heavy atom. The molecule has 0 saturated carbocycles. The number of benzene rings is 3. The molecule has 0 amide bonds. The van der Waals surface area contributed by atoms with Gasteiger partial charge in [-0.3, -0.25) is 19.1 Å². The van der Waals surface area contributed by atoms with Crippen molar-refractivity contribution < 1.29 is 4.79 Å². The summed E-state index contributed by atoms with van der Waals surface area (Å²) in [5, 5.41) is 0.